The lowest BCUT2D eigenvalue weighted by atomic mass is 10.2. The van der Waals surface area contributed by atoms with E-state index < -0.39 is 0 Å². The van der Waals surface area contributed by atoms with Crippen LogP contribution >= 0.6 is 11.6 Å². The molecule has 0 unspecified atom stereocenters. The van der Waals surface area contributed by atoms with E-state index in [2.05, 4.69) is 5.32 Å². The molecule has 1 fully saturated rings. The first-order valence-electron chi connectivity index (χ1n) is 6.01. The van der Waals surface area contributed by atoms with Crippen molar-refractivity contribution in [1.29, 1.82) is 0 Å². The number of anilines is 1. The zero-order valence-corrected chi connectivity index (χ0v) is 11.1. The minimum Gasteiger partial charge on any atom is -0.392 e. The molecule has 0 bridgehead atoms. The van der Waals surface area contributed by atoms with Crippen LogP contribution in [0.15, 0.2) is 18.2 Å². The second kappa shape index (κ2) is 5.69. The number of nitrogens with zero attached hydrogens (tertiary/aromatic N) is 1. The monoisotopic (exact) mass is 268 g/mol. The highest BCUT2D eigenvalue weighted by Crippen LogP contribution is 2.20. The number of rotatable bonds is 3. The van der Waals surface area contributed by atoms with E-state index in [1.165, 1.54) is 0 Å². The van der Waals surface area contributed by atoms with Crippen molar-refractivity contribution in [1.82, 2.24) is 4.90 Å². The number of benzene rings is 1. The predicted octanol–water partition coefficient (Wildman–Crippen LogP) is 1.65. The second-order valence-corrected chi connectivity index (χ2v) is 5.12. The fraction of sp³-hybridized carbons (Fsp3) is 0.462. The van der Waals surface area contributed by atoms with Crippen molar-refractivity contribution in [2.75, 3.05) is 25.0 Å². The highest BCUT2D eigenvalue weighted by atomic mass is 35.5. The number of halogens is 1. The number of carbonyl (C=O) groups excluding carboxylic acids is 1. The van der Waals surface area contributed by atoms with Crippen LogP contribution in [0.3, 0.4) is 0 Å². The molecule has 0 spiro atoms. The van der Waals surface area contributed by atoms with Gasteiger partial charge < -0.3 is 10.4 Å². The van der Waals surface area contributed by atoms with Crippen molar-refractivity contribution in [3.8, 4) is 0 Å². The van der Waals surface area contributed by atoms with Gasteiger partial charge in [0.2, 0.25) is 5.91 Å². The van der Waals surface area contributed by atoms with E-state index >= 15 is 0 Å². The predicted molar refractivity (Wildman–Crippen MR) is 71.9 cm³/mol. The summed E-state index contributed by atoms with van der Waals surface area (Å²) in [7, 11) is 0. The number of hydrogen-bond acceptors (Lipinski definition) is 3. The maximum Gasteiger partial charge on any atom is 0.238 e. The Labute approximate surface area is 112 Å². The molecule has 1 aromatic rings. The maximum absolute atomic E-state index is 11.9. The van der Waals surface area contributed by atoms with E-state index in [1.807, 2.05) is 17.9 Å². The van der Waals surface area contributed by atoms with E-state index in [4.69, 9.17) is 11.6 Å². The minimum atomic E-state index is -0.300. The van der Waals surface area contributed by atoms with Crippen molar-refractivity contribution < 1.29 is 9.90 Å². The van der Waals surface area contributed by atoms with Gasteiger partial charge in [0.15, 0.2) is 0 Å². The molecule has 0 aromatic heterocycles. The molecule has 2 N–H and O–H groups in total. The van der Waals surface area contributed by atoms with Crippen molar-refractivity contribution >= 4 is 23.2 Å². The molecule has 98 valence electrons. The molecule has 18 heavy (non-hydrogen) atoms. The topological polar surface area (TPSA) is 52.6 Å². The van der Waals surface area contributed by atoms with Crippen LogP contribution in [0, 0.1) is 6.92 Å². The van der Waals surface area contributed by atoms with E-state index in [0.29, 0.717) is 18.1 Å². The lowest BCUT2D eigenvalue weighted by Crippen LogP contribution is -2.32. The molecule has 1 saturated heterocycles. The Morgan fingerprint density at radius 1 is 1.61 bits per heavy atom. The average molecular weight is 269 g/mol. The number of carbonyl (C=O) groups is 1. The molecule has 1 heterocycles. The highest BCUT2D eigenvalue weighted by molar-refractivity contribution is 6.31. The van der Waals surface area contributed by atoms with Crippen LogP contribution in [0.25, 0.3) is 0 Å². The van der Waals surface area contributed by atoms with Crippen LogP contribution in [-0.2, 0) is 4.79 Å². The molecule has 0 aliphatic carbocycles. The van der Waals surface area contributed by atoms with Gasteiger partial charge in [0.1, 0.15) is 0 Å². The Hall–Kier alpha value is -1.10. The Morgan fingerprint density at radius 2 is 2.39 bits per heavy atom. The van der Waals surface area contributed by atoms with Crippen molar-refractivity contribution in [2.45, 2.75) is 19.4 Å². The molecule has 1 aromatic carbocycles. The molecule has 4 nitrogen and oxygen atoms in total. The zero-order chi connectivity index (χ0) is 13.1. The Bertz CT molecular complexity index is 451. The molecule has 1 amide bonds. The zero-order valence-electron chi connectivity index (χ0n) is 10.3. The van der Waals surface area contributed by atoms with Gasteiger partial charge in [-0.25, -0.2) is 0 Å². The summed E-state index contributed by atoms with van der Waals surface area (Å²) in [6.07, 6.45) is 0.439. The highest BCUT2D eigenvalue weighted by Gasteiger charge is 2.22. The van der Waals surface area contributed by atoms with Crippen molar-refractivity contribution in [3.05, 3.63) is 28.8 Å². The van der Waals surface area contributed by atoms with E-state index in [-0.39, 0.29) is 12.0 Å². The molecule has 0 saturated carbocycles. The number of amides is 1. The maximum atomic E-state index is 11.9. The van der Waals surface area contributed by atoms with E-state index in [0.717, 1.165) is 24.2 Å². The summed E-state index contributed by atoms with van der Waals surface area (Å²) < 4.78 is 0. The van der Waals surface area contributed by atoms with Crippen LogP contribution in [0.5, 0.6) is 0 Å². The molecule has 5 heteroatoms. The number of β-amino-alcohol motifs (C(OH)–C–C–N with tert-alkyl or cyclic N) is 1. The number of nitrogens with one attached hydrogen (secondary N) is 1. The van der Waals surface area contributed by atoms with Gasteiger partial charge in [-0.3, -0.25) is 9.69 Å². The largest absolute Gasteiger partial charge is 0.392 e. The van der Waals surface area contributed by atoms with Crippen LogP contribution in [0.2, 0.25) is 5.02 Å². The first-order chi connectivity index (χ1) is 8.54. The third-order valence-corrected chi connectivity index (χ3v) is 3.32. The van der Waals surface area contributed by atoms with E-state index in [1.54, 1.807) is 12.1 Å². The summed E-state index contributed by atoms with van der Waals surface area (Å²) in [6, 6.07) is 5.41. The fourth-order valence-corrected chi connectivity index (χ4v) is 2.25. The molecule has 2 rings (SSSR count). The number of aliphatic hydroxyl groups excluding tert-OH is 1. The third kappa shape index (κ3) is 3.45. The van der Waals surface area contributed by atoms with Gasteiger partial charge in [0.05, 0.1) is 12.6 Å². The van der Waals surface area contributed by atoms with Gasteiger partial charge in [-0.15, -0.1) is 0 Å². The van der Waals surface area contributed by atoms with Gasteiger partial charge in [0, 0.05) is 23.8 Å². The number of aliphatic hydroxyl groups is 1. The number of aryl methyl sites for hydroxylation is 1. The third-order valence-electron chi connectivity index (χ3n) is 3.09. The van der Waals surface area contributed by atoms with Crippen molar-refractivity contribution in [2.24, 2.45) is 0 Å². The second-order valence-electron chi connectivity index (χ2n) is 4.69. The molecular formula is C13H17ClN2O2. The van der Waals surface area contributed by atoms with Crippen LogP contribution in [0.1, 0.15) is 12.0 Å². The summed E-state index contributed by atoms with van der Waals surface area (Å²) in [6.45, 7) is 3.57. The summed E-state index contributed by atoms with van der Waals surface area (Å²) in [5.41, 5.74) is 1.72. The molecule has 1 aliphatic rings. The van der Waals surface area contributed by atoms with E-state index in [9.17, 15) is 9.90 Å². The number of hydrogen-bond donors (Lipinski definition) is 2. The Kier molecular flexibility index (Phi) is 4.22. The standard InChI is InChI=1S/C13H17ClN2O2/c1-9-2-3-10(14)6-12(9)15-13(18)8-16-5-4-11(17)7-16/h2-3,6,11,17H,4-5,7-8H2,1H3,(H,15,18)/t11-/m0/s1. The van der Waals surface area contributed by atoms with Crippen LogP contribution in [-0.4, -0.2) is 41.7 Å². The van der Waals surface area contributed by atoms with Gasteiger partial charge in [-0.1, -0.05) is 17.7 Å². The lowest BCUT2D eigenvalue weighted by molar-refractivity contribution is -0.117. The van der Waals surface area contributed by atoms with Gasteiger partial charge in [0.25, 0.3) is 0 Å². The molecule has 0 radical (unpaired) electrons. The lowest BCUT2D eigenvalue weighted by Gasteiger charge is -2.15. The summed E-state index contributed by atoms with van der Waals surface area (Å²) in [4.78, 5) is 13.8. The fourth-order valence-electron chi connectivity index (χ4n) is 2.08. The summed E-state index contributed by atoms with van der Waals surface area (Å²) in [5, 5.41) is 12.8. The Balaban J connectivity index is 1.92. The smallest absolute Gasteiger partial charge is 0.238 e. The van der Waals surface area contributed by atoms with Gasteiger partial charge >= 0.3 is 0 Å². The van der Waals surface area contributed by atoms with Crippen molar-refractivity contribution in [3.63, 3.8) is 0 Å². The molecule has 1 atom stereocenters. The molecular weight excluding hydrogens is 252 g/mol. The number of likely N-dealkylation sites (tertiary alicyclic amines) is 1. The first-order valence-corrected chi connectivity index (χ1v) is 6.39. The SMILES string of the molecule is Cc1ccc(Cl)cc1NC(=O)CN1CC[C@H](O)C1. The Morgan fingerprint density at radius 3 is 3.06 bits per heavy atom. The first kappa shape index (κ1) is 13.3. The van der Waals surface area contributed by atoms with Gasteiger partial charge in [-0.2, -0.15) is 0 Å². The quantitative estimate of drug-likeness (QED) is 0.877. The van der Waals surface area contributed by atoms with Gasteiger partial charge in [-0.05, 0) is 31.0 Å². The summed E-state index contributed by atoms with van der Waals surface area (Å²) >= 11 is 5.89. The normalized spacial score (nSPS) is 20.1. The summed E-state index contributed by atoms with van der Waals surface area (Å²) in [5.74, 6) is -0.0746. The van der Waals surface area contributed by atoms with Crippen LogP contribution in [0.4, 0.5) is 5.69 Å². The average Bonchev–Trinajstić information content (AvgIpc) is 2.69. The van der Waals surface area contributed by atoms with Crippen LogP contribution < -0.4 is 5.32 Å². The molecule has 1 aliphatic heterocycles. The minimum absolute atomic E-state index is 0.0746.